The number of hydrogen-bond acceptors (Lipinski definition) is 6. The van der Waals surface area contributed by atoms with Gasteiger partial charge < -0.3 is 20.1 Å². The Hall–Kier alpha value is -2.02. The topological polar surface area (TPSA) is 70.5 Å². The van der Waals surface area contributed by atoms with Crippen LogP contribution in [0.2, 0.25) is 0 Å². The fraction of sp³-hybridized carbons (Fsp3) is 0.444. The molecule has 6 nitrogen and oxygen atoms in total. The molecule has 2 atom stereocenters. The molecule has 0 spiro atoms. The second-order valence-electron chi connectivity index (χ2n) is 6.32. The van der Waals surface area contributed by atoms with Crippen molar-refractivity contribution in [3.05, 3.63) is 53.3 Å². The quantitative estimate of drug-likeness (QED) is 0.876. The van der Waals surface area contributed by atoms with Crippen LogP contribution in [-0.4, -0.2) is 47.5 Å². The van der Waals surface area contributed by atoms with E-state index in [1.807, 2.05) is 24.5 Å². The van der Waals surface area contributed by atoms with E-state index in [2.05, 4.69) is 32.3 Å². The molecule has 24 heavy (non-hydrogen) atoms. The normalized spacial score (nSPS) is 23.3. The summed E-state index contributed by atoms with van der Waals surface area (Å²) >= 11 is 0. The fourth-order valence-electron chi connectivity index (χ4n) is 3.41. The number of anilines is 1. The molecule has 0 saturated carbocycles. The number of nitrogens with zero attached hydrogens (tertiary/aromatic N) is 3. The highest BCUT2D eigenvalue weighted by molar-refractivity contribution is 5.36. The zero-order chi connectivity index (χ0) is 16.4. The number of benzene rings is 1. The Labute approximate surface area is 141 Å². The molecule has 126 valence electrons. The average Bonchev–Trinajstić information content (AvgIpc) is 2.96. The van der Waals surface area contributed by atoms with Gasteiger partial charge in [-0.05, 0) is 11.1 Å². The Kier molecular flexibility index (Phi) is 4.42. The van der Waals surface area contributed by atoms with Gasteiger partial charge in [0.05, 0.1) is 25.4 Å². The van der Waals surface area contributed by atoms with Crippen LogP contribution in [0.5, 0.6) is 0 Å². The number of aliphatic hydroxyl groups is 1. The van der Waals surface area contributed by atoms with Crippen LogP contribution in [-0.2, 0) is 17.7 Å². The number of aromatic nitrogens is 2. The molecular weight excluding hydrogens is 304 g/mol. The third kappa shape index (κ3) is 3.13. The lowest BCUT2D eigenvalue weighted by Gasteiger charge is -2.26. The van der Waals surface area contributed by atoms with Gasteiger partial charge in [0, 0.05) is 44.0 Å². The van der Waals surface area contributed by atoms with Crippen LogP contribution in [0.3, 0.4) is 0 Å². The molecule has 4 rings (SSSR count). The van der Waals surface area contributed by atoms with E-state index in [-0.39, 0.29) is 12.1 Å². The van der Waals surface area contributed by atoms with Crippen LogP contribution in [0.1, 0.15) is 22.7 Å². The predicted octanol–water partition coefficient (Wildman–Crippen LogP) is 1.06. The van der Waals surface area contributed by atoms with Gasteiger partial charge in [0.15, 0.2) is 0 Å². The molecule has 1 saturated heterocycles. The van der Waals surface area contributed by atoms with Gasteiger partial charge in [-0.3, -0.25) is 0 Å². The largest absolute Gasteiger partial charge is 0.391 e. The van der Waals surface area contributed by atoms with Gasteiger partial charge in [-0.25, -0.2) is 9.97 Å². The van der Waals surface area contributed by atoms with Gasteiger partial charge in [-0.15, -0.1) is 0 Å². The molecule has 2 aliphatic rings. The minimum Gasteiger partial charge on any atom is -0.391 e. The molecule has 1 aromatic carbocycles. The number of aliphatic hydroxyl groups excluding tert-OH is 1. The van der Waals surface area contributed by atoms with Crippen molar-refractivity contribution in [3.8, 4) is 0 Å². The molecule has 6 heteroatoms. The molecule has 2 aromatic rings. The standard InChI is InChI=1S/C18H22N4O2/c23-16-9-14-3-1-2-4-15(14)17(16)19-10-13-11-20-18(21-12-13)22-5-7-24-8-6-22/h1-4,11-12,16-17,19,23H,5-10H2/t16-,17+/m0/s1. The highest BCUT2D eigenvalue weighted by Crippen LogP contribution is 2.31. The van der Waals surface area contributed by atoms with Crippen LogP contribution in [0.25, 0.3) is 0 Å². The molecule has 0 amide bonds. The smallest absolute Gasteiger partial charge is 0.225 e. The van der Waals surface area contributed by atoms with E-state index < -0.39 is 0 Å². The van der Waals surface area contributed by atoms with Crippen molar-refractivity contribution in [2.45, 2.75) is 25.1 Å². The molecule has 0 radical (unpaired) electrons. The maximum Gasteiger partial charge on any atom is 0.225 e. The van der Waals surface area contributed by atoms with Crippen molar-refractivity contribution in [3.63, 3.8) is 0 Å². The Morgan fingerprint density at radius 2 is 1.92 bits per heavy atom. The van der Waals surface area contributed by atoms with E-state index in [1.165, 1.54) is 11.1 Å². The van der Waals surface area contributed by atoms with Gasteiger partial charge in [-0.1, -0.05) is 24.3 Å². The van der Waals surface area contributed by atoms with E-state index in [1.54, 1.807) is 0 Å². The second-order valence-corrected chi connectivity index (χ2v) is 6.32. The van der Waals surface area contributed by atoms with Crippen molar-refractivity contribution in [1.29, 1.82) is 0 Å². The van der Waals surface area contributed by atoms with Crippen LogP contribution >= 0.6 is 0 Å². The molecule has 0 unspecified atom stereocenters. The number of hydrogen-bond donors (Lipinski definition) is 2. The van der Waals surface area contributed by atoms with E-state index in [9.17, 15) is 5.11 Å². The minimum absolute atomic E-state index is 0.0277. The summed E-state index contributed by atoms with van der Waals surface area (Å²) < 4.78 is 5.35. The van der Waals surface area contributed by atoms with Crippen molar-refractivity contribution in [2.75, 3.05) is 31.2 Å². The number of rotatable bonds is 4. The first-order valence-electron chi connectivity index (χ1n) is 8.44. The monoisotopic (exact) mass is 326 g/mol. The molecule has 1 aromatic heterocycles. The van der Waals surface area contributed by atoms with Crippen LogP contribution in [0, 0.1) is 0 Å². The van der Waals surface area contributed by atoms with Crippen LogP contribution < -0.4 is 10.2 Å². The third-order valence-corrected chi connectivity index (χ3v) is 4.72. The Morgan fingerprint density at radius 1 is 1.17 bits per heavy atom. The van der Waals surface area contributed by atoms with Crippen molar-refractivity contribution < 1.29 is 9.84 Å². The maximum absolute atomic E-state index is 10.3. The molecule has 1 fully saturated rings. The van der Waals surface area contributed by atoms with E-state index in [0.717, 1.165) is 37.8 Å². The molecule has 2 N–H and O–H groups in total. The zero-order valence-electron chi connectivity index (χ0n) is 13.6. The maximum atomic E-state index is 10.3. The number of morpholine rings is 1. The van der Waals surface area contributed by atoms with Crippen molar-refractivity contribution in [1.82, 2.24) is 15.3 Å². The van der Waals surface area contributed by atoms with Crippen LogP contribution in [0.4, 0.5) is 5.95 Å². The number of fused-ring (bicyclic) bond motifs is 1. The Bertz CT molecular complexity index is 686. The number of ether oxygens (including phenoxy) is 1. The highest BCUT2D eigenvalue weighted by Gasteiger charge is 2.30. The first-order valence-corrected chi connectivity index (χ1v) is 8.44. The lowest BCUT2D eigenvalue weighted by Crippen LogP contribution is -2.37. The SMILES string of the molecule is O[C@H]1Cc2ccccc2[C@H]1NCc1cnc(N2CCOCC2)nc1. The summed E-state index contributed by atoms with van der Waals surface area (Å²) in [7, 11) is 0. The van der Waals surface area contributed by atoms with E-state index >= 15 is 0 Å². The van der Waals surface area contributed by atoms with Gasteiger partial charge in [0.2, 0.25) is 5.95 Å². The summed E-state index contributed by atoms with van der Waals surface area (Å²) in [5, 5.41) is 13.7. The molecule has 2 heterocycles. The summed E-state index contributed by atoms with van der Waals surface area (Å²) in [5.74, 6) is 0.758. The molecular formula is C18H22N4O2. The first-order chi connectivity index (χ1) is 11.8. The van der Waals surface area contributed by atoms with Crippen LogP contribution in [0.15, 0.2) is 36.7 Å². The van der Waals surface area contributed by atoms with Crippen molar-refractivity contribution in [2.24, 2.45) is 0 Å². The Morgan fingerprint density at radius 3 is 2.71 bits per heavy atom. The van der Waals surface area contributed by atoms with Gasteiger partial charge >= 0.3 is 0 Å². The Balaban J connectivity index is 1.39. The molecule has 1 aliphatic carbocycles. The molecule has 1 aliphatic heterocycles. The van der Waals surface area contributed by atoms with E-state index in [4.69, 9.17) is 4.74 Å². The van der Waals surface area contributed by atoms with E-state index in [0.29, 0.717) is 13.0 Å². The van der Waals surface area contributed by atoms with Gasteiger partial charge in [-0.2, -0.15) is 0 Å². The first kappa shape index (κ1) is 15.5. The highest BCUT2D eigenvalue weighted by atomic mass is 16.5. The second kappa shape index (κ2) is 6.84. The van der Waals surface area contributed by atoms with Gasteiger partial charge in [0.1, 0.15) is 0 Å². The summed E-state index contributed by atoms with van der Waals surface area (Å²) in [6, 6.07) is 8.18. The van der Waals surface area contributed by atoms with Gasteiger partial charge in [0.25, 0.3) is 0 Å². The predicted molar refractivity (Wildman–Crippen MR) is 90.8 cm³/mol. The summed E-state index contributed by atoms with van der Waals surface area (Å²) in [6.07, 6.45) is 4.05. The minimum atomic E-state index is -0.379. The zero-order valence-corrected chi connectivity index (χ0v) is 13.6. The average molecular weight is 326 g/mol. The summed E-state index contributed by atoms with van der Waals surface area (Å²) in [6.45, 7) is 3.77. The lowest BCUT2D eigenvalue weighted by atomic mass is 10.1. The van der Waals surface area contributed by atoms with Crippen molar-refractivity contribution >= 4 is 5.95 Å². The number of nitrogens with one attached hydrogen (secondary N) is 1. The molecule has 0 bridgehead atoms. The lowest BCUT2D eigenvalue weighted by molar-refractivity contribution is 0.122. The summed E-state index contributed by atoms with van der Waals surface area (Å²) in [4.78, 5) is 11.1. The fourth-order valence-corrected chi connectivity index (χ4v) is 3.41. The third-order valence-electron chi connectivity index (χ3n) is 4.72. The summed E-state index contributed by atoms with van der Waals surface area (Å²) in [5.41, 5.74) is 3.43.